The molecule has 4 rings (SSSR count). The number of amidine groups is 1. The number of benzene rings is 1. The zero-order valence-electron chi connectivity index (χ0n) is 15.7. The van der Waals surface area contributed by atoms with Gasteiger partial charge in [-0.15, -0.1) is 0 Å². The average molecular weight is 416 g/mol. The van der Waals surface area contributed by atoms with Crippen LogP contribution in [-0.4, -0.2) is 24.2 Å². The van der Waals surface area contributed by atoms with Gasteiger partial charge in [0.15, 0.2) is 11.1 Å². The summed E-state index contributed by atoms with van der Waals surface area (Å²) in [6.07, 6.45) is 6.71. The number of amides is 1. The quantitative estimate of drug-likeness (QED) is 0.671. The summed E-state index contributed by atoms with van der Waals surface area (Å²) < 4.78 is 5.98. The largest absolute Gasteiger partial charge is 0.441 e. The second kappa shape index (κ2) is 8.45. The van der Waals surface area contributed by atoms with E-state index < -0.39 is 0 Å². The van der Waals surface area contributed by atoms with Crippen molar-refractivity contribution in [3.8, 4) is 0 Å². The number of carbonyl (C=O) groups excluding carboxylic acids is 1. The SMILES string of the molecule is Cc1c(Cl)cccc1N=C1NC(=O)/C(=C\c2ccc(N3CCCCCC3)o2)S1. The highest BCUT2D eigenvalue weighted by Crippen LogP contribution is 2.32. The molecule has 1 N–H and O–H groups in total. The highest BCUT2D eigenvalue weighted by molar-refractivity contribution is 8.18. The fourth-order valence-corrected chi connectivity index (χ4v) is 4.30. The Morgan fingerprint density at radius 2 is 1.96 bits per heavy atom. The van der Waals surface area contributed by atoms with E-state index in [0.29, 0.717) is 20.9 Å². The van der Waals surface area contributed by atoms with Gasteiger partial charge in [-0.3, -0.25) is 4.79 Å². The second-order valence-electron chi connectivity index (χ2n) is 6.94. The third-order valence-corrected chi connectivity index (χ3v) is 6.23. The van der Waals surface area contributed by atoms with Gasteiger partial charge in [0.1, 0.15) is 5.76 Å². The minimum atomic E-state index is -0.170. The van der Waals surface area contributed by atoms with Crippen LogP contribution in [0, 0.1) is 6.92 Å². The van der Waals surface area contributed by atoms with Gasteiger partial charge in [-0.05, 0) is 55.3 Å². The van der Waals surface area contributed by atoms with Crippen LogP contribution in [0.5, 0.6) is 0 Å². The normalized spacial score (nSPS) is 20.6. The Balaban J connectivity index is 1.50. The van der Waals surface area contributed by atoms with Crippen molar-refractivity contribution in [2.75, 3.05) is 18.0 Å². The molecule has 2 aliphatic rings. The summed E-state index contributed by atoms with van der Waals surface area (Å²) in [5.74, 6) is 1.38. The number of carbonyl (C=O) groups is 1. The first kappa shape index (κ1) is 19.2. The summed E-state index contributed by atoms with van der Waals surface area (Å²) in [6.45, 7) is 3.95. The third-order valence-electron chi connectivity index (χ3n) is 4.92. The van der Waals surface area contributed by atoms with E-state index in [1.165, 1.54) is 37.4 Å². The second-order valence-corrected chi connectivity index (χ2v) is 8.38. The van der Waals surface area contributed by atoms with Gasteiger partial charge in [0.25, 0.3) is 5.91 Å². The molecule has 2 saturated heterocycles. The van der Waals surface area contributed by atoms with E-state index in [1.807, 2.05) is 37.3 Å². The van der Waals surface area contributed by atoms with Crippen molar-refractivity contribution in [2.24, 2.45) is 4.99 Å². The van der Waals surface area contributed by atoms with Gasteiger partial charge >= 0.3 is 0 Å². The van der Waals surface area contributed by atoms with Crippen LogP contribution in [0.15, 0.2) is 44.6 Å². The molecule has 5 nitrogen and oxygen atoms in total. The molecule has 0 radical (unpaired) electrons. The number of rotatable bonds is 3. The number of anilines is 1. The van der Waals surface area contributed by atoms with Crippen LogP contribution < -0.4 is 10.2 Å². The van der Waals surface area contributed by atoms with E-state index in [2.05, 4.69) is 15.2 Å². The number of furan rings is 1. The summed E-state index contributed by atoms with van der Waals surface area (Å²) in [7, 11) is 0. The molecule has 0 aliphatic carbocycles. The van der Waals surface area contributed by atoms with Crippen LogP contribution in [0.1, 0.15) is 37.0 Å². The van der Waals surface area contributed by atoms with Crippen LogP contribution in [-0.2, 0) is 4.79 Å². The summed E-state index contributed by atoms with van der Waals surface area (Å²) in [5.41, 5.74) is 1.63. The van der Waals surface area contributed by atoms with E-state index in [4.69, 9.17) is 16.0 Å². The van der Waals surface area contributed by atoms with Crippen LogP contribution in [0.25, 0.3) is 6.08 Å². The molecule has 2 aliphatic heterocycles. The maximum atomic E-state index is 12.3. The van der Waals surface area contributed by atoms with E-state index in [-0.39, 0.29) is 5.91 Å². The van der Waals surface area contributed by atoms with E-state index in [1.54, 1.807) is 6.08 Å². The van der Waals surface area contributed by atoms with Gasteiger partial charge < -0.3 is 14.6 Å². The van der Waals surface area contributed by atoms with Crippen molar-refractivity contribution >= 4 is 52.1 Å². The van der Waals surface area contributed by atoms with Gasteiger partial charge in [-0.2, -0.15) is 0 Å². The predicted octanol–water partition coefficient (Wildman–Crippen LogP) is 5.51. The van der Waals surface area contributed by atoms with Crippen molar-refractivity contribution in [3.63, 3.8) is 0 Å². The number of hydrogen-bond acceptors (Lipinski definition) is 5. The van der Waals surface area contributed by atoms with Crippen molar-refractivity contribution in [1.82, 2.24) is 5.32 Å². The lowest BCUT2D eigenvalue weighted by Gasteiger charge is -2.18. The lowest BCUT2D eigenvalue weighted by Crippen LogP contribution is -2.23. The zero-order valence-corrected chi connectivity index (χ0v) is 17.3. The molecule has 1 aromatic carbocycles. The predicted molar refractivity (Wildman–Crippen MR) is 116 cm³/mol. The van der Waals surface area contributed by atoms with Crippen LogP contribution in [0.3, 0.4) is 0 Å². The maximum Gasteiger partial charge on any atom is 0.264 e. The molecular weight excluding hydrogens is 394 g/mol. The Kier molecular flexibility index (Phi) is 5.78. The van der Waals surface area contributed by atoms with Crippen LogP contribution in [0.4, 0.5) is 11.6 Å². The van der Waals surface area contributed by atoms with Gasteiger partial charge in [-0.1, -0.05) is 30.5 Å². The molecule has 0 spiro atoms. The Labute approximate surface area is 173 Å². The Morgan fingerprint density at radius 1 is 1.18 bits per heavy atom. The molecule has 1 amide bonds. The summed E-state index contributed by atoms with van der Waals surface area (Å²) in [4.78, 5) is 19.7. The topological polar surface area (TPSA) is 57.8 Å². The first-order valence-corrected chi connectivity index (χ1v) is 10.7. The molecule has 7 heteroatoms. The van der Waals surface area contributed by atoms with Gasteiger partial charge in [-0.25, -0.2) is 4.99 Å². The van der Waals surface area contributed by atoms with Crippen LogP contribution in [0.2, 0.25) is 5.02 Å². The first-order chi connectivity index (χ1) is 13.6. The van der Waals surface area contributed by atoms with Gasteiger partial charge in [0, 0.05) is 30.3 Å². The molecule has 3 heterocycles. The lowest BCUT2D eigenvalue weighted by molar-refractivity contribution is -0.115. The highest BCUT2D eigenvalue weighted by Gasteiger charge is 2.25. The van der Waals surface area contributed by atoms with E-state index in [9.17, 15) is 4.79 Å². The number of hydrogen-bond donors (Lipinski definition) is 1. The minimum Gasteiger partial charge on any atom is -0.441 e. The number of nitrogens with zero attached hydrogens (tertiary/aromatic N) is 2. The zero-order chi connectivity index (χ0) is 19.5. The molecule has 1 aromatic heterocycles. The molecule has 2 fully saturated rings. The lowest BCUT2D eigenvalue weighted by atomic mass is 10.2. The molecule has 2 aromatic rings. The van der Waals surface area contributed by atoms with Crippen molar-refractivity contribution < 1.29 is 9.21 Å². The number of nitrogens with one attached hydrogen (secondary N) is 1. The fourth-order valence-electron chi connectivity index (χ4n) is 3.32. The molecule has 0 unspecified atom stereocenters. The minimum absolute atomic E-state index is 0.170. The maximum absolute atomic E-state index is 12.3. The average Bonchev–Trinajstić information content (AvgIpc) is 3.16. The van der Waals surface area contributed by atoms with Crippen LogP contribution >= 0.6 is 23.4 Å². The smallest absolute Gasteiger partial charge is 0.264 e. The Morgan fingerprint density at radius 3 is 2.75 bits per heavy atom. The molecule has 0 atom stereocenters. The number of thioether (sulfide) groups is 1. The van der Waals surface area contributed by atoms with E-state index >= 15 is 0 Å². The summed E-state index contributed by atoms with van der Waals surface area (Å²) in [6, 6.07) is 9.45. The molecular formula is C21H22ClN3O2S. The summed E-state index contributed by atoms with van der Waals surface area (Å²) >= 11 is 7.45. The third kappa shape index (κ3) is 4.28. The van der Waals surface area contributed by atoms with E-state index in [0.717, 1.165) is 30.2 Å². The highest BCUT2D eigenvalue weighted by atomic mass is 35.5. The Hall–Kier alpha value is -2.18. The molecule has 0 saturated carbocycles. The van der Waals surface area contributed by atoms with Crippen molar-refractivity contribution in [1.29, 1.82) is 0 Å². The summed E-state index contributed by atoms with van der Waals surface area (Å²) in [5, 5.41) is 4.01. The molecule has 0 bridgehead atoms. The number of aliphatic imine (C=N–C) groups is 1. The van der Waals surface area contributed by atoms with Gasteiger partial charge in [0.05, 0.1) is 10.6 Å². The molecule has 28 heavy (non-hydrogen) atoms. The van der Waals surface area contributed by atoms with Crippen molar-refractivity contribution in [2.45, 2.75) is 32.6 Å². The Bertz CT molecular complexity index is 943. The first-order valence-electron chi connectivity index (χ1n) is 9.49. The van der Waals surface area contributed by atoms with Gasteiger partial charge in [0.2, 0.25) is 0 Å². The number of halogens is 1. The fraction of sp³-hybridized carbons (Fsp3) is 0.333. The van der Waals surface area contributed by atoms with Crippen molar-refractivity contribution in [3.05, 3.63) is 51.6 Å². The standard InChI is InChI=1S/C21H22ClN3O2S/c1-14-16(22)7-6-8-17(14)23-21-24-20(26)18(28-21)13-15-9-10-19(27-15)25-11-4-2-3-5-12-25/h6-10,13H,2-5,11-12H2,1H3,(H,23,24,26)/b18-13+. The molecule has 146 valence electrons. The monoisotopic (exact) mass is 415 g/mol.